The molecule has 71 heavy (non-hydrogen) atoms. The molecule has 2 N–H and O–H groups in total. The van der Waals surface area contributed by atoms with Crippen molar-refractivity contribution in [3.05, 3.63) is 279 Å². The fraction of sp³-hybridized carbons (Fsp3) is 0.169. The largest absolute Gasteiger partial charge is 0.316 e. The number of allylic oxidation sites excluding steroid dienone is 15. The Morgan fingerprint density at radius 3 is 2.24 bits per heavy atom. The van der Waals surface area contributed by atoms with Gasteiger partial charge in [0.05, 0.1) is 10.9 Å². The highest BCUT2D eigenvalue weighted by Crippen LogP contribution is 2.39. The number of hydrogen-bond acceptors (Lipinski definition) is 2. The van der Waals surface area contributed by atoms with Crippen LogP contribution in [0.1, 0.15) is 88.7 Å². The second-order valence-corrected chi connectivity index (χ2v) is 16.8. The first-order valence-electron chi connectivity index (χ1n) is 24.8. The summed E-state index contributed by atoms with van der Waals surface area (Å²) in [6.07, 6.45) is 42.4. The highest BCUT2D eigenvalue weighted by molar-refractivity contribution is 5.75. The van der Waals surface area contributed by atoms with Crippen molar-refractivity contribution in [2.24, 2.45) is 16.2 Å². The van der Waals surface area contributed by atoms with Gasteiger partial charge in [-0.3, -0.25) is 0 Å². The predicted molar refractivity (Wildman–Crippen MR) is 302 cm³/mol. The molecule has 8 rings (SSSR count). The summed E-state index contributed by atoms with van der Waals surface area (Å²) < 4.78 is 6.58. The van der Waals surface area contributed by atoms with Crippen molar-refractivity contribution in [3.8, 4) is 11.4 Å². The van der Waals surface area contributed by atoms with Crippen LogP contribution in [0.4, 0.5) is 0 Å². The Hall–Kier alpha value is -8.22. The fourth-order valence-electron chi connectivity index (χ4n) is 8.94. The minimum atomic E-state index is -0.406. The minimum absolute atomic E-state index is 0.406. The molecule has 0 saturated heterocycles. The van der Waals surface area contributed by atoms with Crippen LogP contribution in [0.15, 0.2) is 246 Å². The van der Waals surface area contributed by atoms with Crippen LogP contribution in [0.5, 0.6) is 0 Å². The molecule has 0 spiro atoms. The van der Waals surface area contributed by atoms with Gasteiger partial charge >= 0.3 is 0 Å². The number of hydrogen-bond donors (Lipinski definition) is 1. The van der Waals surface area contributed by atoms with Gasteiger partial charge in [-0.25, -0.2) is 0 Å². The van der Waals surface area contributed by atoms with Crippen molar-refractivity contribution < 1.29 is 9.14 Å². The van der Waals surface area contributed by atoms with Gasteiger partial charge in [-0.05, 0) is 111 Å². The van der Waals surface area contributed by atoms with Crippen LogP contribution in [0.3, 0.4) is 0 Å². The first-order valence-corrected chi connectivity index (χ1v) is 24.8. The molecule has 3 aliphatic heterocycles. The van der Waals surface area contributed by atoms with Crippen LogP contribution in [0.2, 0.25) is 0 Å². The Morgan fingerprint density at radius 2 is 1.56 bits per heavy atom. The molecule has 1 atom stereocenters. The molecule has 1 unspecified atom stereocenters. The van der Waals surface area contributed by atoms with E-state index in [9.17, 15) is 0 Å². The average Bonchev–Trinajstić information content (AvgIpc) is 3.62. The van der Waals surface area contributed by atoms with Crippen molar-refractivity contribution in [2.75, 3.05) is 0 Å². The average molecular weight is 935 g/mol. The molecule has 0 bridgehead atoms. The van der Waals surface area contributed by atoms with E-state index in [1.165, 1.54) is 46.4 Å². The van der Waals surface area contributed by atoms with E-state index < -0.39 is 6.04 Å². The lowest BCUT2D eigenvalue weighted by Gasteiger charge is -2.12. The fourth-order valence-corrected chi connectivity index (χ4v) is 8.94. The Kier molecular flexibility index (Phi) is 19.5. The number of para-hydroxylation sites is 1. The van der Waals surface area contributed by atoms with E-state index in [-0.39, 0.29) is 0 Å². The van der Waals surface area contributed by atoms with Crippen LogP contribution in [-0.2, 0) is 0 Å². The molecular weight excluding hydrogens is 865 g/mol. The van der Waals surface area contributed by atoms with Gasteiger partial charge in [-0.15, -0.1) is 0 Å². The van der Waals surface area contributed by atoms with Gasteiger partial charge in [0, 0.05) is 70.4 Å². The Balaban J connectivity index is 0.000000469. The number of rotatable bonds is 11. The quantitative estimate of drug-likeness (QED) is 0.0463. The maximum Gasteiger partial charge on any atom is 0.218 e. The molecule has 3 aromatic carbocycles. The molecular formula is C65H70N6+2. The van der Waals surface area contributed by atoms with Crippen molar-refractivity contribution in [1.82, 2.24) is 4.57 Å². The second kappa shape index (κ2) is 26.5. The zero-order valence-corrected chi connectivity index (χ0v) is 42.5. The first kappa shape index (κ1) is 52.2. The molecule has 3 heterocycles. The Morgan fingerprint density at radius 1 is 0.817 bits per heavy atom. The van der Waals surface area contributed by atoms with Crippen molar-refractivity contribution in [2.45, 2.75) is 73.3 Å². The van der Waals surface area contributed by atoms with Gasteiger partial charge in [0.2, 0.25) is 22.8 Å². The van der Waals surface area contributed by atoms with Gasteiger partial charge in [0.15, 0.2) is 12.4 Å². The summed E-state index contributed by atoms with van der Waals surface area (Å²) in [7, 11) is 0. The molecule has 3 aromatic rings. The number of aryl methyl sites for hydroxylation is 1. The van der Waals surface area contributed by atoms with Crippen LogP contribution < -0.4 is 20.8 Å². The molecule has 0 saturated carbocycles. The predicted octanol–water partition coefficient (Wildman–Crippen LogP) is 14.4. The lowest BCUT2D eigenvalue weighted by atomic mass is 9.97. The van der Waals surface area contributed by atoms with E-state index in [0.29, 0.717) is 0 Å². The number of nitrogens with zero attached hydrogens (tertiary/aromatic N) is 5. The molecule has 0 aromatic heterocycles. The third-order valence-electron chi connectivity index (χ3n) is 12.4. The molecule has 6 heteroatoms. The third-order valence-corrected chi connectivity index (χ3v) is 12.4. The number of nitrogens with two attached hydrogens (primary N) is 1. The van der Waals surface area contributed by atoms with Crippen LogP contribution in [0, 0.1) is 17.5 Å². The minimum Gasteiger partial charge on any atom is -0.316 e. The smallest absolute Gasteiger partial charge is 0.218 e. The summed E-state index contributed by atoms with van der Waals surface area (Å²) in [6.45, 7) is 25.4. The van der Waals surface area contributed by atoms with Gasteiger partial charge in [0.25, 0.3) is 0 Å². The zero-order chi connectivity index (χ0) is 50.5. The highest BCUT2D eigenvalue weighted by atomic mass is 15.3. The van der Waals surface area contributed by atoms with E-state index in [1.807, 2.05) is 88.4 Å². The van der Waals surface area contributed by atoms with Crippen LogP contribution in [-0.4, -0.2) is 15.4 Å². The Bertz CT molecular complexity index is 3290. The molecule has 0 amide bonds. The molecule has 5 aliphatic rings. The topological polar surface area (TPSA) is 62.6 Å². The summed E-state index contributed by atoms with van der Waals surface area (Å²) in [5.74, 6) is 5.73. The van der Waals surface area contributed by atoms with Gasteiger partial charge < -0.3 is 10.4 Å². The first-order chi connectivity index (χ1) is 34.8. The van der Waals surface area contributed by atoms with Crippen molar-refractivity contribution in [3.63, 3.8) is 0 Å². The summed E-state index contributed by atoms with van der Waals surface area (Å²) in [5.41, 5.74) is 13.8. The zero-order valence-electron chi connectivity index (χ0n) is 42.5. The maximum absolute atomic E-state index is 5.73. The van der Waals surface area contributed by atoms with E-state index in [4.69, 9.17) is 5.84 Å². The monoisotopic (exact) mass is 935 g/mol. The van der Waals surface area contributed by atoms with E-state index >= 15 is 0 Å². The van der Waals surface area contributed by atoms with Crippen LogP contribution >= 0.6 is 0 Å². The second-order valence-electron chi connectivity index (χ2n) is 16.8. The lowest BCUT2D eigenvalue weighted by Crippen LogP contribution is -2.37. The SMILES string of the molecule is C=C/C=C1\C(=C/C)C2=C(C=CCC2)\[N+]1=C/C=C\C(=C/C)C(N=NN)c1ccc(-[n+]2ccc3n(-c4ccccc4)ccccc(=C)c=3c(=C)c2/C=C\C=C/C)cc1.CC.Cc1ccc(C2=CCCC=C2)cc1. The molecule has 6 nitrogen and oxygen atoms in total. The van der Waals surface area contributed by atoms with Crippen LogP contribution in [0.25, 0.3) is 36.2 Å². The third kappa shape index (κ3) is 12.7. The van der Waals surface area contributed by atoms with Gasteiger partial charge in [0.1, 0.15) is 6.04 Å². The lowest BCUT2D eigenvalue weighted by molar-refractivity contribution is -0.597. The summed E-state index contributed by atoms with van der Waals surface area (Å²) >= 11 is 0. The Labute approximate surface area is 422 Å². The molecule has 0 fully saturated rings. The van der Waals surface area contributed by atoms with E-state index in [2.05, 4.69) is 210 Å². The summed E-state index contributed by atoms with van der Waals surface area (Å²) in [4.78, 5) is 0. The maximum atomic E-state index is 5.73. The number of aromatic nitrogens is 2. The molecule has 0 radical (unpaired) electrons. The van der Waals surface area contributed by atoms with E-state index in [0.717, 1.165) is 67.7 Å². The van der Waals surface area contributed by atoms with Crippen molar-refractivity contribution >= 4 is 31.0 Å². The van der Waals surface area contributed by atoms with Crippen molar-refractivity contribution in [1.29, 1.82) is 0 Å². The highest BCUT2D eigenvalue weighted by Gasteiger charge is 2.35. The van der Waals surface area contributed by atoms with Gasteiger partial charge in [-0.2, -0.15) is 14.3 Å². The standard InChI is InChI=1S/C50H50N6.C13H14.C2H6/c1-7-11-13-27-45-38(6)49-37(5)22-18-19-34-54(41-24-14-12-15-25-41)48(49)33-36-55(45)42-31-29-40(30-32-42)50(52-53-51)39(9-3)23-20-35-56-46(21-8-2)43(10-4)44-26-16-17-28-47(44)56;1-11-7-9-13(10-8-11)12-5-3-2-4-6-12;1-2/h7-15,17-25,27-36,50H,2,5-6,16,26H2,1,3-4H3,(H2,51,52);3,5-10H,2,4H2,1H3;1-2H3/q+2;;/b11-7-,22-18?,23-20-,27-13-,34-19?,39-9+,43-10-,46-21+,56-35-;;. The molecule has 2 aliphatic carbocycles. The normalized spacial score (nSPS) is 16.7. The number of benzene rings is 3. The van der Waals surface area contributed by atoms with Gasteiger partial charge in [-0.1, -0.05) is 166 Å². The summed E-state index contributed by atoms with van der Waals surface area (Å²) in [5, 5.41) is 11.9. The van der Waals surface area contributed by atoms with E-state index in [1.54, 1.807) is 0 Å². The summed E-state index contributed by atoms with van der Waals surface area (Å²) in [6, 6.07) is 35.2. The molecule has 358 valence electrons.